The topological polar surface area (TPSA) is 113 Å². The van der Waals surface area contributed by atoms with Crippen LogP contribution in [0, 0.1) is 5.92 Å². The maximum atomic E-state index is 11.8. The van der Waals surface area contributed by atoms with Crippen LogP contribution in [0.4, 0.5) is 5.69 Å². The van der Waals surface area contributed by atoms with Gasteiger partial charge in [0, 0.05) is 18.7 Å². The molecule has 0 aliphatic carbocycles. The Hall–Kier alpha value is -2.41. The Labute approximate surface area is 148 Å². The number of hydrogen-bond donors (Lipinski definition) is 4. The number of anilines is 1. The first-order chi connectivity index (χ1) is 11.8. The van der Waals surface area contributed by atoms with Crippen LogP contribution in [-0.2, 0) is 20.9 Å². The van der Waals surface area contributed by atoms with E-state index in [4.69, 9.17) is 5.73 Å². The normalized spacial score (nSPS) is 11.7. The van der Waals surface area contributed by atoms with Crippen LogP contribution in [0.15, 0.2) is 24.3 Å². The van der Waals surface area contributed by atoms with Gasteiger partial charge in [-0.05, 0) is 30.0 Å². The summed E-state index contributed by atoms with van der Waals surface area (Å²) < 4.78 is 0. The minimum atomic E-state index is -0.622. The van der Waals surface area contributed by atoms with Gasteiger partial charge in [-0.25, -0.2) is 0 Å². The van der Waals surface area contributed by atoms with Gasteiger partial charge in [0.1, 0.15) is 0 Å². The van der Waals surface area contributed by atoms with Crippen LogP contribution >= 0.6 is 0 Å². The van der Waals surface area contributed by atoms with Crippen LogP contribution < -0.4 is 21.7 Å². The largest absolute Gasteiger partial charge is 0.350 e. The molecule has 0 spiro atoms. The summed E-state index contributed by atoms with van der Waals surface area (Å²) in [5.41, 5.74) is 7.33. The van der Waals surface area contributed by atoms with E-state index in [1.165, 1.54) is 0 Å². The third-order valence-electron chi connectivity index (χ3n) is 3.65. The van der Waals surface area contributed by atoms with Crippen molar-refractivity contribution in [3.05, 3.63) is 29.8 Å². The fourth-order valence-electron chi connectivity index (χ4n) is 2.01. The van der Waals surface area contributed by atoms with E-state index < -0.39 is 6.04 Å². The summed E-state index contributed by atoms with van der Waals surface area (Å²) in [6.45, 7) is 5.88. The quantitative estimate of drug-likeness (QED) is 0.536. The van der Waals surface area contributed by atoms with Gasteiger partial charge < -0.3 is 21.7 Å². The maximum absolute atomic E-state index is 11.8. The molecule has 1 aromatic carbocycles. The maximum Gasteiger partial charge on any atom is 0.239 e. The Bertz CT molecular complexity index is 584. The molecule has 5 N–H and O–H groups in total. The molecule has 0 heterocycles. The van der Waals surface area contributed by atoms with Crippen molar-refractivity contribution >= 4 is 23.4 Å². The lowest BCUT2D eigenvalue weighted by molar-refractivity contribution is -0.127. The summed E-state index contributed by atoms with van der Waals surface area (Å²) in [5.74, 6) is -0.625. The van der Waals surface area contributed by atoms with Crippen molar-refractivity contribution in [1.82, 2.24) is 10.6 Å². The molecule has 138 valence electrons. The molecule has 1 rings (SSSR count). The number of carbonyl (C=O) groups is 3. The highest BCUT2D eigenvalue weighted by Crippen LogP contribution is 2.10. The predicted octanol–water partition coefficient (Wildman–Crippen LogP) is 1.14. The fourth-order valence-corrected chi connectivity index (χ4v) is 2.01. The van der Waals surface area contributed by atoms with Crippen molar-refractivity contribution in [2.75, 3.05) is 11.9 Å². The smallest absolute Gasteiger partial charge is 0.239 e. The lowest BCUT2D eigenvalue weighted by atomic mass is 10.1. The van der Waals surface area contributed by atoms with Gasteiger partial charge in [-0.2, -0.15) is 0 Å². The third kappa shape index (κ3) is 7.80. The minimum absolute atomic E-state index is 0.0133. The second kappa shape index (κ2) is 10.5. The van der Waals surface area contributed by atoms with Gasteiger partial charge in [0.2, 0.25) is 17.7 Å². The molecule has 0 unspecified atom stereocenters. The number of rotatable bonds is 9. The van der Waals surface area contributed by atoms with E-state index in [0.717, 1.165) is 17.7 Å². The average molecular weight is 348 g/mol. The van der Waals surface area contributed by atoms with E-state index >= 15 is 0 Å². The monoisotopic (exact) mass is 348 g/mol. The Balaban J connectivity index is 2.36. The molecule has 1 aromatic rings. The number of nitrogens with one attached hydrogen (secondary N) is 3. The van der Waals surface area contributed by atoms with Crippen molar-refractivity contribution in [3.63, 3.8) is 0 Å². The van der Waals surface area contributed by atoms with Gasteiger partial charge in [0.05, 0.1) is 12.6 Å². The summed E-state index contributed by atoms with van der Waals surface area (Å²) in [5, 5.41) is 8.04. The number of nitrogens with two attached hydrogens (primary N) is 1. The van der Waals surface area contributed by atoms with Gasteiger partial charge in [-0.1, -0.05) is 32.9 Å². The van der Waals surface area contributed by atoms with Crippen LogP contribution in [0.2, 0.25) is 0 Å². The molecule has 1 atom stereocenters. The first-order valence-electron chi connectivity index (χ1n) is 8.52. The molecule has 25 heavy (non-hydrogen) atoms. The molecule has 0 aliphatic heterocycles. The Morgan fingerprint density at radius 3 is 2.24 bits per heavy atom. The summed E-state index contributed by atoms with van der Waals surface area (Å²) in [6, 6.07) is 6.62. The number of hydrogen-bond acceptors (Lipinski definition) is 4. The SMILES string of the molecule is CCCC(=O)Nc1ccc(CNC(=O)CNC(=O)[C@@H](N)C(C)C)cc1. The van der Waals surface area contributed by atoms with E-state index in [1.54, 1.807) is 12.1 Å². The minimum Gasteiger partial charge on any atom is -0.350 e. The first kappa shape index (κ1) is 20.6. The van der Waals surface area contributed by atoms with Crippen LogP contribution in [0.5, 0.6) is 0 Å². The highest BCUT2D eigenvalue weighted by Gasteiger charge is 2.17. The summed E-state index contributed by atoms with van der Waals surface area (Å²) in [4.78, 5) is 35.0. The molecule has 0 saturated heterocycles. The van der Waals surface area contributed by atoms with Gasteiger partial charge >= 0.3 is 0 Å². The third-order valence-corrected chi connectivity index (χ3v) is 3.65. The summed E-state index contributed by atoms with van der Waals surface area (Å²) in [6.07, 6.45) is 1.29. The summed E-state index contributed by atoms with van der Waals surface area (Å²) >= 11 is 0. The molecular formula is C18H28N4O3. The van der Waals surface area contributed by atoms with Crippen molar-refractivity contribution in [2.45, 2.75) is 46.2 Å². The predicted molar refractivity (Wildman–Crippen MR) is 97.6 cm³/mol. The molecule has 0 aliphatic rings. The van der Waals surface area contributed by atoms with Crippen LogP contribution in [0.3, 0.4) is 0 Å². The average Bonchev–Trinajstić information content (AvgIpc) is 2.58. The van der Waals surface area contributed by atoms with E-state index in [-0.39, 0.29) is 30.2 Å². The molecule has 0 radical (unpaired) electrons. The lowest BCUT2D eigenvalue weighted by Crippen LogP contribution is -2.47. The number of carbonyl (C=O) groups excluding carboxylic acids is 3. The number of amides is 3. The standard InChI is InChI=1S/C18H28N4O3/c1-4-5-15(23)22-14-8-6-13(7-9-14)10-20-16(24)11-21-18(25)17(19)12(2)3/h6-9,12,17H,4-5,10-11,19H2,1-3H3,(H,20,24)(H,21,25)(H,22,23)/t17-/m0/s1. The Morgan fingerprint density at radius 1 is 1.04 bits per heavy atom. The lowest BCUT2D eigenvalue weighted by Gasteiger charge is -2.15. The highest BCUT2D eigenvalue weighted by molar-refractivity contribution is 5.90. The molecule has 7 nitrogen and oxygen atoms in total. The van der Waals surface area contributed by atoms with Crippen molar-refractivity contribution in [2.24, 2.45) is 11.7 Å². The van der Waals surface area contributed by atoms with Crippen LogP contribution in [0.1, 0.15) is 39.2 Å². The Morgan fingerprint density at radius 2 is 1.68 bits per heavy atom. The zero-order valence-corrected chi connectivity index (χ0v) is 15.1. The first-order valence-corrected chi connectivity index (χ1v) is 8.52. The molecule has 0 aromatic heterocycles. The zero-order chi connectivity index (χ0) is 18.8. The summed E-state index contributed by atoms with van der Waals surface area (Å²) in [7, 11) is 0. The van der Waals surface area contributed by atoms with E-state index in [0.29, 0.717) is 13.0 Å². The Kier molecular flexibility index (Phi) is 8.63. The second-order valence-corrected chi connectivity index (χ2v) is 6.26. The second-order valence-electron chi connectivity index (χ2n) is 6.26. The van der Waals surface area contributed by atoms with Gasteiger partial charge in [0.25, 0.3) is 0 Å². The molecule has 0 bridgehead atoms. The fraction of sp³-hybridized carbons (Fsp3) is 0.500. The van der Waals surface area contributed by atoms with Gasteiger partial charge in [-0.3, -0.25) is 14.4 Å². The van der Waals surface area contributed by atoms with Crippen molar-refractivity contribution in [3.8, 4) is 0 Å². The number of benzene rings is 1. The van der Waals surface area contributed by atoms with Gasteiger partial charge in [-0.15, -0.1) is 0 Å². The van der Waals surface area contributed by atoms with Crippen molar-refractivity contribution in [1.29, 1.82) is 0 Å². The molecule has 3 amide bonds. The van der Waals surface area contributed by atoms with E-state index in [2.05, 4.69) is 16.0 Å². The van der Waals surface area contributed by atoms with Gasteiger partial charge in [0.15, 0.2) is 0 Å². The molecule has 0 saturated carbocycles. The highest BCUT2D eigenvalue weighted by atomic mass is 16.2. The van der Waals surface area contributed by atoms with E-state index in [1.807, 2.05) is 32.9 Å². The van der Waals surface area contributed by atoms with Crippen LogP contribution in [-0.4, -0.2) is 30.3 Å². The molecule has 7 heteroatoms. The zero-order valence-electron chi connectivity index (χ0n) is 15.1. The van der Waals surface area contributed by atoms with E-state index in [9.17, 15) is 14.4 Å². The molecular weight excluding hydrogens is 320 g/mol. The van der Waals surface area contributed by atoms with Crippen LogP contribution in [0.25, 0.3) is 0 Å². The molecule has 0 fully saturated rings. The van der Waals surface area contributed by atoms with Crippen molar-refractivity contribution < 1.29 is 14.4 Å².